The lowest BCUT2D eigenvalue weighted by atomic mass is 10.3. The van der Waals surface area contributed by atoms with Crippen molar-refractivity contribution in [2.24, 2.45) is 7.05 Å². The van der Waals surface area contributed by atoms with Crippen molar-refractivity contribution in [1.82, 2.24) is 24.7 Å². The molecule has 0 aliphatic rings. The van der Waals surface area contributed by atoms with E-state index in [2.05, 4.69) is 25.5 Å². The van der Waals surface area contributed by atoms with E-state index in [4.69, 9.17) is 11.6 Å². The summed E-state index contributed by atoms with van der Waals surface area (Å²) in [5, 5.41) is 12.2. The zero-order chi connectivity index (χ0) is 16.9. The summed E-state index contributed by atoms with van der Waals surface area (Å²) in [5.41, 5.74) is 1.33. The van der Waals surface area contributed by atoms with Crippen molar-refractivity contribution >= 4 is 35.0 Å². The molecule has 24 heavy (non-hydrogen) atoms. The molecule has 0 atom stereocenters. The first kappa shape index (κ1) is 16.4. The van der Waals surface area contributed by atoms with Crippen LogP contribution in [-0.2, 0) is 11.8 Å². The molecule has 7 nitrogen and oxygen atoms in total. The summed E-state index contributed by atoms with van der Waals surface area (Å²) in [7, 11) is 1.82. The van der Waals surface area contributed by atoms with Crippen LogP contribution in [0.3, 0.4) is 0 Å². The number of anilines is 1. The van der Waals surface area contributed by atoms with Crippen molar-refractivity contribution < 1.29 is 4.79 Å². The van der Waals surface area contributed by atoms with Crippen molar-refractivity contribution in [3.8, 4) is 11.5 Å². The molecular formula is C15H13ClN6OS. The molecule has 2 aromatic heterocycles. The third-order valence-corrected chi connectivity index (χ3v) is 4.36. The van der Waals surface area contributed by atoms with Gasteiger partial charge in [0.15, 0.2) is 11.0 Å². The summed E-state index contributed by atoms with van der Waals surface area (Å²) in [6.07, 6.45) is 4.80. The molecule has 2 heterocycles. The van der Waals surface area contributed by atoms with Gasteiger partial charge in [-0.25, -0.2) is 4.98 Å². The van der Waals surface area contributed by atoms with Crippen molar-refractivity contribution in [3.05, 3.63) is 47.9 Å². The molecular weight excluding hydrogens is 348 g/mol. The number of nitrogens with one attached hydrogen (secondary N) is 1. The maximum atomic E-state index is 12.0. The summed E-state index contributed by atoms with van der Waals surface area (Å²) >= 11 is 7.11. The normalized spacial score (nSPS) is 10.6. The Labute approximate surface area is 147 Å². The molecule has 0 radical (unpaired) electrons. The molecule has 0 saturated carbocycles. The van der Waals surface area contributed by atoms with Crippen LogP contribution in [0.2, 0.25) is 5.02 Å². The van der Waals surface area contributed by atoms with Crippen LogP contribution in [0, 0.1) is 0 Å². The lowest BCUT2D eigenvalue weighted by Crippen LogP contribution is -2.14. The molecule has 0 spiro atoms. The number of aromatic nitrogens is 5. The highest BCUT2D eigenvalue weighted by Gasteiger charge is 2.13. The molecule has 3 aromatic rings. The van der Waals surface area contributed by atoms with Crippen LogP contribution in [0.4, 0.5) is 5.69 Å². The Bertz CT molecular complexity index is 837. The average Bonchev–Trinajstić information content (AvgIpc) is 2.97. The second-order valence-electron chi connectivity index (χ2n) is 4.80. The number of nitrogens with zero attached hydrogens (tertiary/aromatic N) is 5. The number of halogens is 1. The zero-order valence-corrected chi connectivity index (χ0v) is 14.3. The maximum absolute atomic E-state index is 12.0. The van der Waals surface area contributed by atoms with Gasteiger partial charge in [-0.2, -0.15) is 0 Å². The smallest absolute Gasteiger partial charge is 0.234 e. The topological polar surface area (TPSA) is 85.6 Å². The van der Waals surface area contributed by atoms with Crippen LogP contribution >= 0.6 is 23.4 Å². The molecule has 9 heteroatoms. The monoisotopic (exact) mass is 360 g/mol. The molecule has 1 amide bonds. The number of thioether (sulfide) groups is 1. The van der Waals surface area contributed by atoms with Gasteiger partial charge in [0.1, 0.15) is 5.69 Å². The van der Waals surface area contributed by atoms with Crippen LogP contribution in [0.1, 0.15) is 0 Å². The van der Waals surface area contributed by atoms with Gasteiger partial charge in [-0.3, -0.25) is 9.78 Å². The predicted octanol–water partition coefficient (Wildman–Crippen LogP) is 2.66. The molecule has 0 aliphatic heterocycles. The standard InChI is InChI=1S/C15H13ClN6OS/c1-22-14(12-8-17-6-7-18-12)20-21-15(22)24-9-13(23)19-11-4-2-10(16)3-5-11/h2-8H,9H2,1H3,(H,19,23). The fourth-order valence-corrected chi connectivity index (χ4v) is 2.78. The van der Waals surface area contributed by atoms with Crippen LogP contribution in [-0.4, -0.2) is 36.4 Å². The van der Waals surface area contributed by atoms with E-state index in [9.17, 15) is 4.79 Å². The van der Waals surface area contributed by atoms with Gasteiger partial charge in [-0.15, -0.1) is 10.2 Å². The van der Waals surface area contributed by atoms with E-state index in [-0.39, 0.29) is 11.7 Å². The third kappa shape index (κ3) is 3.90. The summed E-state index contributed by atoms with van der Waals surface area (Å²) in [6.45, 7) is 0. The molecule has 0 fully saturated rings. The Kier molecular flexibility index (Phi) is 5.07. The summed E-state index contributed by atoms with van der Waals surface area (Å²) in [5.74, 6) is 0.685. The number of carbonyl (C=O) groups excluding carboxylic acids is 1. The molecule has 0 bridgehead atoms. The van der Waals surface area contributed by atoms with Crippen LogP contribution < -0.4 is 5.32 Å². The van der Waals surface area contributed by atoms with E-state index in [1.54, 1.807) is 47.4 Å². The summed E-state index contributed by atoms with van der Waals surface area (Å²) in [6, 6.07) is 6.94. The highest BCUT2D eigenvalue weighted by atomic mass is 35.5. The maximum Gasteiger partial charge on any atom is 0.234 e. The lowest BCUT2D eigenvalue weighted by molar-refractivity contribution is -0.113. The van der Waals surface area contributed by atoms with Gasteiger partial charge in [-0.05, 0) is 24.3 Å². The molecule has 3 rings (SSSR count). The number of hydrogen-bond donors (Lipinski definition) is 1. The second-order valence-corrected chi connectivity index (χ2v) is 6.18. The van der Waals surface area contributed by atoms with Crippen molar-refractivity contribution in [2.75, 3.05) is 11.1 Å². The first-order valence-corrected chi connectivity index (χ1v) is 8.34. The summed E-state index contributed by atoms with van der Waals surface area (Å²) in [4.78, 5) is 20.2. The van der Waals surface area contributed by atoms with Gasteiger partial charge in [0, 0.05) is 30.2 Å². The van der Waals surface area contributed by atoms with E-state index in [1.165, 1.54) is 11.8 Å². The van der Waals surface area contributed by atoms with E-state index in [1.807, 2.05) is 7.05 Å². The Morgan fingerprint density at radius 3 is 2.75 bits per heavy atom. The fourth-order valence-electron chi connectivity index (χ4n) is 1.94. The first-order valence-electron chi connectivity index (χ1n) is 6.97. The van der Waals surface area contributed by atoms with Crippen molar-refractivity contribution in [3.63, 3.8) is 0 Å². The average molecular weight is 361 g/mol. The molecule has 0 saturated heterocycles. The van der Waals surface area contributed by atoms with Gasteiger partial charge in [0.05, 0.1) is 11.9 Å². The molecule has 1 N–H and O–H groups in total. The quantitative estimate of drug-likeness (QED) is 0.704. The van der Waals surface area contributed by atoms with E-state index in [0.717, 1.165) is 0 Å². The fraction of sp³-hybridized carbons (Fsp3) is 0.133. The largest absolute Gasteiger partial charge is 0.325 e. The zero-order valence-electron chi connectivity index (χ0n) is 12.7. The third-order valence-electron chi connectivity index (χ3n) is 3.09. The van der Waals surface area contributed by atoms with E-state index in [0.29, 0.717) is 27.4 Å². The van der Waals surface area contributed by atoms with E-state index < -0.39 is 0 Å². The number of rotatable bonds is 5. The van der Waals surface area contributed by atoms with Crippen molar-refractivity contribution in [1.29, 1.82) is 0 Å². The number of amides is 1. The van der Waals surface area contributed by atoms with Gasteiger partial charge < -0.3 is 9.88 Å². The van der Waals surface area contributed by atoms with Gasteiger partial charge in [0.2, 0.25) is 5.91 Å². The lowest BCUT2D eigenvalue weighted by Gasteiger charge is -2.05. The molecule has 1 aromatic carbocycles. The van der Waals surface area contributed by atoms with E-state index >= 15 is 0 Å². The summed E-state index contributed by atoms with van der Waals surface area (Å²) < 4.78 is 1.78. The minimum absolute atomic E-state index is 0.133. The van der Waals surface area contributed by atoms with Crippen LogP contribution in [0.5, 0.6) is 0 Å². The van der Waals surface area contributed by atoms with Gasteiger partial charge in [-0.1, -0.05) is 23.4 Å². The highest BCUT2D eigenvalue weighted by molar-refractivity contribution is 7.99. The minimum atomic E-state index is -0.133. The second kappa shape index (κ2) is 7.41. The Hall–Kier alpha value is -2.45. The Balaban J connectivity index is 1.62. The van der Waals surface area contributed by atoms with Crippen LogP contribution in [0.15, 0.2) is 48.0 Å². The SMILES string of the molecule is Cn1c(SCC(=O)Nc2ccc(Cl)cc2)nnc1-c1cnccn1. The van der Waals surface area contributed by atoms with Crippen LogP contribution in [0.25, 0.3) is 11.5 Å². The Morgan fingerprint density at radius 1 is 1.25 bits per heavy atom. The highest BCUT2D eigenvalue weighted by Crippen LogP contribution is 2.21. The molecule has 122 valence electrons. The molecule has 0 aliphatic carbocycles. The predicted molar refractivity (Wildman–Crippen MR) is 92.8 cm³/mol. The van der Waals surface area contributed by atoms with Gasteiger partial charge >= 0.3 is 0 Å². The molecule has 0 unspecified atom stereocenters. The first-order chi connectivity index (χ1) is 11.6. The number of hydrogen-bond acceptors (Lipinski definition) is 6. The minimum Gasteiger partial charge on any atom is -0.325 e. The number of benzene rings is 1. The van der Waals surface area contributed by atoms with Gasteiger partial charge in [0.25, 0.3) is 0 Å². The Morgan fingerprint density at radius 2 is 2.04 bits per heavy atom. The number of carbonyl (C=O) groups is 1. The van der Waals surface area contributed by atoms with Crippen molar-refractivity contribution in [2.45, 2.75) is 5.16 Å².